The molecule has 1 aliphatic carbocycles. The molecule has 0 saturated heterocycles. The van der Waals surface area contributed by atoms with Gasteiger partial charge in [-0.25, -0.2) is 0 Å². The predicted octanol–water partition coefficient (Wildman–Crippen LogP) is 5.04. The van der Waals surface area contributed by atoms with Crippen molar-refractivity contribution in [2.45, 2.75) is 44.1 Å². The molecule has 1 radical (unpaired) electrons. The van der Waals surface area contributed by atoms with Crippen LogP contribution >= 0.6 is 7.92 Å². The second kappa shape index (κ2) is 7.57. The van der Waals surface area contributed by atoms with Gasteiger partial charge >= 0.3 is 0 Å². The standard InChI is InChI=1S/C20H26PSi/c1-22(2)16-17-13-14-20(15-17)21(18-9-5-3-6-10-18)19-11-7-4-8-12-19/h3-12,17,20H,13-16H2,1-2H3. The van der Waals surface area contributed by atoms with Gasteiger partial charge in [0.25, 0.3) is 0 Å². The Kier molecular flexibility index (Phi) is 5.49. The Bertz CT molecular complexity index is 527. The maximum absolute atomic E-state index is 2.47. The van der Waals surface area contributed by atoms with E-state index in [4.69, 9.17) is 0 Å². The highest BCUT2D eigenvalue weighted by Crippen LogP contribution is 2.49. The van der Waals surface area contributed by atoms with Crippen LogP contribution in [-0.4, -0.2) is 14.5 Å². The summed E-state index contributed by atoms with van der Waals surface area (Å²) in [5.74, 6) is 0.992. The van der Waals surface area contributed by atoms with Crippen LogP contribution in [-0.2, 0) is 0 Å². The normalized spacial score (nSPS) is 21.6. The minimum Gasteiger partial charge on any atom is -0.0713 e. The van der Waals surface area contributed by atoms with Gasteiger partial charge in [-0.1, -0.05) is 86.2 Å². The van der Waals surface area contributed by atoms with Gasteiger partial charge in [-0.2, -0.15) is 0 Å². The average molecular weight is 325 g/mol. The fraction of sp³-hybridized carbons (Fsp3) is 0.400. The monoisotopic (exact) mass is 325 g/mol. The Morgan fingerprint density at radius 1 is 0.864 bits per heavy atom. The van der Waals surface area contributed by atoms with Gasteiger partial charge in [0.2, 0.25) is 0 Å². The van der Waals surface area contributed by atoms with E-state index in [-0.39, 0.29) is 16.7 Å². The van der Waals surface area contributed by atoms with Crippen molar-refractivity contribution in [2.24, 2.45) is 5.92 Å². The summed E-state index contributed by atoms with van der Waals surface area (Å²) in [6, 6.07) is 24.0. The Balaban J connectivity index is 1.84. The van der Waals surface area contributed by atoms with Crippen LogP contribution in [0.5, 0.6) is 0 Å². The lowest BCUT2D eigenvalue weighted by atomic mass is 10.1. The van der Waals surface area contributed by atoms with Gasteiger partial charge in [0.05, 0.1) is 0 Å². The first-order valence-electron chi connectivity index (χ1n) is 8.42. The van der Waals surface area contributed by atoms with Gasteiger partial charge in [0.1, 0.15) is 0 Å². The van der Waals surface area contributed by atoms with Gasteiger partial charge in [-0.15, -0.1) is 0 Å². The summed E-state index contributed by atoms with van der Waals surface area (Å²) in [5, 5.41) is 3.13. The second-order valence-corrected chi connectivity index (χ2v) is 12.1. The van der Waals surface area contributed by atoms with Crippen LogP contribution < -0.4 is 10.6 Å². The van der Waals surface area contributed by atoms with Crippen LogP contribution in [0.25, 0.3) is 0 Å². The third kappa shape index (κ3) is 3.89. The van der Waals surface area contributed by atoms with Gasteiger partial charge in [-0.05, 0) is 42.9 Å². The molecule has 115 valence electrons. The largest absolute Gasteiger partial charge is 0.0713 e. The van der Waals surface area contributed by atoms with Gasteiger partial charge in [-0.3, -0.25) is 0 Å². The average Bonchev–Trinajstić information content (AvgIpc) is 2.97. The number of hydrogen-bond donors (Lipinski definition) is 0. The van der Waals surface area contributed by atoms with Crippen LogP contribution in [0.2, 0.25) is 19.1 Å². The van der Waals surface area contributed by atoms with E-state index in [1.165, 1.54) is 25.3 Å². The summed E-state index contributed by atoms with van der Waals surface area (Å²) in [7, 11) is -0.279. The summed E-state index contributed by atoms with van der Waals surface area (Å²) < 4.78 is 0. The topological polar surface area (TPSA) is 0 Å². The molecule has 0 spiro atoms. The second-order valence-electron chi connectivity index (χ2n) is 6.79. The van der Waals surface area contributed by atoms with Crippen molar-refractivity contribution in [3.63, 3.8) is 0 Å². The van der Waals surface area contributed by atoms with E-state index in [1.807, 2.05) is 0 Å². The summed E-state index contributed by atoms with van der Waals surface area (Å²) in [6.45, 7) is 4.93. The summed E-state index contributed by atoms with van der Waals surface area (Å²) >= 11 is 0. The van der Waals surface area contributed by atoms with Gasteiger partial charge < -0.3 is 0 Å². The lowest BCUT2D eigenvalue weighted by Gasteiger charge is -2.25. The molecule has 2 atom stereocenters. The highest BCUT2D eigenvalue weighted by molar-refractivity contribution is 7.73. The molecule has 1 saturated carbocycles. The van der Waals surface area contributed by atoms with Crippen molar-refractivity contribution in [3.05, 3.63) is 60.7 Å². The van der Waals surface area contributed by atoms with Crippen LogP contribution in [0.3, 0.4) is 0 Å². The fourth-order valence-electron chi connectivity index (χ4n) is 3.79. The molecule has 1 fully saturated rings. The van der Waals surface area contributed by atoms with Crippen molar-refractivity contribution < 1.29 is 0 Å². The summed E-state index contributed by atoms with van der Waals surface area (Å²) in [6.07, 6.45) is 4.33. The molecule has 0 heterocycles. The van der Waals surface area contributed by atoms with Crippen molar-refractivity contribution in [1.82, 2.24) is 0 Å². The molecule has 3 rings (SSSR count). The zero-order valence-electron chi connectivity index (χ0n) is 13.7. The van der Waals surface area contributed by atoms with E-state index in [1.54, 1.807) is 10.6 Å². The zero-order chi connectivity index (χ0) is 15.4. The molecule has 2 heteroatoms. The summed E-state index contributed by atoms with van der Waals surface area (Å²) in [4.78, 5) is 0. The van der Waals surface area contributed by atoms with Crippen molar-refractivity contribution in [1.29, 1.82) is 0 Å². The van der Waals surface area contributed by atoms with Crippen molar-refractivity contribution >= 4 is 27.3 Å². The van der Waals surface area contributed by atoms with E-state index >= 15 is 0 Å². The van der Waals surface area contributed by atoms with Crippen LogP contribution in [0.1, 0.15) is 19.3 Å². The highest BCUT2D eigenvalue weighted by atomic mass is 31.1. The molecule has 0 nitrogen and oxygen atoms in total. The first-order chi connectivity index (χ1) is 10.7. The number of rotatable bonds is 5. The SMILES string of the molecule is C[Si](C)CC1CCC(P(c2ccccc2)c2ccccc2)C1. The van der Waals surface area contributed by atoms with E-state index in [9.17, 15) is 0 Å². The third-order valence-corrected chi connectivity index (χ3v) is 8.95. The van der Waals surface area contributed by atoms with E-state index in [0.717, 1.165) is 11.6 Å². The van der Waals surface area contributed by atoms with E-state index in [0.29, 0.717) is 0 Å². The minimum atomic E-state index is -0.192. The Morgan fingerprint density at radius 3 is 1.91 bits per heavy atom. The van der Waals surface area contributed by atoms with Gasteiger partial charge in [0.15, 0.2) is 0 Å². The molecule has 22 heavy (non-hydrogen) atoms. The van der Waals surface area contributed by atoms with E-state index < -0.39 is 0 Å². The quantitative estimate of drug-likeness (QED) is 0.533. The molecule has 1 aliphatic rings. The lowest BCUT2D eigenvalue weighted by Crippen LogP contribution is -2.20. The molecule has 0 N–H and O–H groups in total. The number of hydrogen-bond acceptors (Lipinski definition) is 0. The maximum Gasteiger partial charge on any atom is 0.0415 e. The summed E-state index contributed by atoms with van der Waals surface area (Å²) in [5.41, 5.74) is 0.881. The zero-order valence-corrected chi connectivity index (χ0v) is 15.6. The van der Waals surface area contributed by atoms with Crippen LogP contribution in [0, 0.1) is 5.92 Å². The van der Waals surface area contributed by atoms with Crippen molar-refractivity contribution in [2.75, 3.05) is 0 Å². The first-order valence-corrected chi connectivity index (χ1v) is 12.5. The molecular formula is C20H26PSi. The minimum absolute atomic E-state index is 0.0869. The molecule has 0 amide bonds. The van der Waals surface area contributed by atoms with Crippen LogP contribution in [0.4, 0.5) is 0 Å². The molecule has 2 unspecified atom stereocenters. The smallest absolute Gasteiger partial charge is 0.0415 e. The molecule has 2 aromatic carbocycles. The Morgan fingerprint density at radius 2 is 1.41 bits per heavy atom. The number of benzene rings is 2. The first kappa shape index (κ1) is 16.0. The molecule has 0 bridgehead atoms. The maximum atomic E-state index is 2.47. The molecular weight excluding hydrogens is 299 g/mol. The Hall–Kier alpha value is -0.913. The van der Waals surface area contributed by atoms with Crippen LogP contribution in [0.15, 0.2) is 60.7 Å². The van der Waals surface area contributed by atoms with Gasteiger partial charge in [0, 0.05) is 8.80 Å². The highest BCUT2D eigenvalue weighted by Gasteiger charge is 2.32. The predicted molar refractivity (Wildman–Crippen MR) is 102 cm³/mol. The lowest BCUT2D eigenvalue weighted by molar-refractivity contribution is 0.607. The molecule has 0 aliphatic heterocycles. The Labute approximate surface area is 138 Å². The third-order valence-electron chi connectivity index (χ3n) is 4.64. The van der Waals surface area contributed by atoms with Crippen molar-refractivity contribution in [3.8, 4) is 0 Å². The molecule has 2 aromatic rings. The fourth-order valence-corrected chi connectivity index (χ4v) is 8.36. The molecule has 0 aromatic heterocycles. The van der Waals surface area contributed by atoms with E-state index in [2.05, 4.69) is 73.8 Å².